The predicted molar refractivity (Wildman–Crippen MR) is 37.3 cm³/mol. The van der Waals surface area contributed by atoms with Crippen molar-refractivity contribution in [2.75, 3.05) is 7.11 Å². The van der Waals surface area contributed by atoms with Gasteiger partial charge in [0, 0.05) is 0 Å². The van der Waals surface area contributed by atoms with Crippen LogP contribution in [-0.4, -0.2) is 7.11 Å². The Morgan fingerprint density at radius 2 is 2.50 bits per heavy atom. The Bertz CT molecular complexity index is 195. The van der Waals surface area contributed by atoms with Gasteiger partial charge in [-0.3, -0.25) is 0 Å². The van der Waals surface area contributed by atoms with E-state index in [1.54, 1.807) is 13.4 Å². The standard InChI is InChI=1S/C7H11NO2/c1-6-3-4-10-7(6)5-8-9-2/h3-4,8H,5H2,1-2H3. The van der Waals surface area contributed by atoms with Gasteiger partial charge >= 0.3 is 0 Å². The number of hydrogen-bond acceptors (Lipinski definition) is 3. The molecule has 0 aliphatic carbocycles. The molecule has 3 nitrogen and oxygen atoms in total. The molecule has 1 rings (SSSR count). The first-order valence-corrected chi connectivity index (χ1v) is 3.13. The lowest BCUT2D eigenvalue weighted by molar-refractivity contribution is 0.0816. The second-order valence-electron chi connectivity index (χ2n) is 2.05. The van der Waals surface area contributed by atoms with Gasteiger partial charge in [-0.15, -0.1) is 0 Å². The molecule has 0 fully saturated rings. The number of nitrogens with one attached hydrogen (secondary N) is 1. The van der Waals surface area contributed by atoms with Gasteiger partial charge in [-0.1, -0.05) is 0 Å². The Kier molecular flexibility index (Phi) is 2.48. The van der Waals surface area contributed by atoms with Crippen molar-refractivity contribution in [3.63, 3.8) is 0 Å². The molecule has 1 N–H and O–H groups in total. The Hall–Kier alpha value is -0.800. The average Bonchev–Trinajstić information content (AvgIpc) is 2.31. The molecule has 0 spiro atoms. The Morgan fingerprint density at radius 3 is 3.00 bits per heavy atom. The number of aryl methyl sites for hydroxylation is 1. The lowest BCUT2D eigenvalue weighted by atomic mass is 10.3. The monoisotopic (exact) mass is 141 g/mol. The van der Waals surface area contributed by atoms with Crippen molar-refractivity contribution in [3.8, 4) is 0 Å². The maximum atomic E-state index is 5.12. The first-order valence-electron chi connectivity index (χ1n) is 3.13. The van der Waals surface area contributed by atoms with Crippen LogP contribution >= 0.6 is 0 Å². The lowest BCUT2D eigenvalue weighted by Crippen LogP contribution is -2.10. The van der Waals surface area contributed by atoms with Crippen LogP contribution in [0.3, 0.4) is 0 Å². The molecule has 0 saturated carbocycles. The molecule has 0 atom stereocenters. The van der Waals surface area contributed by atoms with Crippen LogP contribution in [-0.2, 0) is 11.4 Å². The van der Waals surface area contributed by atoms with E-state index in [0.717, 1.165) is 11.3 Å². The fourth-order valence-corrected chi connectivity index (χ4v) is 0.723. The van der Waals surface area contributed by atoms with Crippen LogP contribution in [0.1, 0.15) is 11.3 Å². The van der Waals surface area contributed by atoms with Crippen LogP contribution in [0.25, 0.3) is 0 Å². The van der Waals surface area contributed by atoms with Crippen molar-refractivity contribution in [1.29, 1.82) is 0 Å². The third kappa shape index (κ3) is 1.59. The molecule has 3 heteroatoms. The van der Waals surface area contributed by atoms with Crippen molar-refractivity contribution < 1.29 is 9.25 Å². The normalized spacial score (nSPS) is 10.2. The molecular weight excluding hydrogens is 130 g/mol. The largest absolute Gasteiger partial charge is 0.468 e. The summed E-state index contributed by atoms with van der Waals surface area (Å²) in [6.07, 6.45) is 1.67. The van der Waals surface area contributed by atoms with Gasteiger partial charge in [0.15, 0.2) is 0 Å². The van der Waals surface area contributed by atoms with Crippen molar-refractivity contribution >= 4 is 0 Å². The zero-order valence-electron chi connectivity index (χ0n) is 6.18. The minimum atomic E-state index is 0.620. The summed E-state index contributed by atoms with van der Waals surface area (Å²) in [5.41, 5.74) is 3.84. The molecule has 0 aliphatic rings. The van der Waals surface area contributed by atoms with E-state index >= 15 is 0 Å². The van der Waals surface area contributed by atoms with E-state index < -0.39 is 0 Å². The van der Waals surface area contributed by atoms with Crippen LogP contribution < -0.4 is 5.48 Å². The summed E-state index contributed by atoms with van der Waals surface area (Å²) >= 11 is 0. The summed E-state index contributed by atoms with van der Waals surface area (Å²) in [5, 5.41) is 0. The molecule has 0 bridgehead atoms. The minimum absolute atomic E-state index is 0.620. The van der Waals surface area contributed by atoms with Crippen LogP contribution in [0.4, 0.5) is 0 Å². The molecule has 0 radical (unpaired) electrons. The Balaban J connectivity index is 2.49. The molecule has 0 aromatic carbocycles. The van der Waals surface area contributed by atoms with Gasteiger partial charge in [0.2, 0.25) is 0 Å². The fourth-order valence-electron chi connectivity index (χ4n) is 0.723. The molecule has 0 unspecified atom stereocenters. The number of hydroxylamine groups is 1. The zero-order chi connectivity index (χ0) is 7.40. The van der Waals surface area contributed by atoms with Crippen molar-refractivity contribution in [1.82, 2.24) is 5.48 Å². The Labute approximate surface area is 59.9 Å². The van der Waals surface area contributed by atoms with E-state index in [0.29, 0.717) is 6.54 Å². The highest BCUT2D eigenvalue weighted by Gasteiger charge is 1.98. The second-order valence-corrected chi connectivity index (χ2v) is 2.05. The molecule has 1 heterocycles. The maximum Gasteiger partial charge on any atom is 0.122 e. The van der Waals surface area contributed by atoms with E-state index in [2.05, 4.69) is 10.3 Å². The first kappa shape index (κ1) is 7.31. The third-order valence-electron chi connectivity index (χ3n) is 1.35. The molecule has 1 aromatic heterocycles. The zero-order valence-corrected chi connectivity index (χ0v) is 6.18. The molecule has 0 aliphatic heterocycles. The second kappa shape index (κ2) is 3.39. The van der Waals surface area contributed by atoms with E-state index in [4.69, 9.17) is 4.42 Å². The SMILES string of the molecule is CONCc1occc1C. The molecule has 1 aromatic rings. The third-order valence-corrected chi connectivity index (χ3v) is 1.35. The first-order chi connectivity index (χ1) is 4.84. The molecule has 0 saturated heterocycles. The molecular formula is C7H11NO2. The predicted octanol–water partition coefficient (Wildman–Crippen LogP) is 1.24. The van der Waals surface area contributed by atoms with Gasteiger partial charge < -0.3 is 9.25 Å². The van der Waals surface area contributed by atoms with Crippen LogP contribution in [0.15, 0.2) is 16.7 Å². The summed E-state index contributed by atoms with van der Waals surface area (Å²) in [4.78, 5) is 4.66. The van der Waals surface area contributed by atoms with E-state index in [-0.39, 0.29) is 0 Å². The van der Waals surface area contributed by atoms with Crippen molar-refractivity contribution in [3.05, 3.63) is 23.7 Å². The van der Waals surface area contributed by atoms with E-state index in [1.165, 1.54) is 0 Å². The number of furan rings is 1. The maximum absolute atomic E-state index is 5.12. The van der Waals surface area contributed by atoms with Gasteiger partial charge in [-0.05, 0) is 18.6 Å². The summed E-state index contributed by atoms with van der Waals surface area (Å²) < 4.78 is 5.12. The van der Waals surface area contributed by atoms with Gasteiger partial charge in [-0.2, -0.15) is 5.48 Å². The summed E-state index contributed by atoms with van der Waals surface area (Å²) in [6, 6.07) is 1.92. The molecule has 10 heavy (non-hydrogen) atoms. The number of hydrogen-bond donors (Lipinski definition) is 1. The highest BCUT2D eigenvalue weighted by molar-refractivity contribution is 5.13. The molecule has 56 valence electrons. The smallest absolute Gasteiger partial charge is 0.122 e. The Morgan fingerprint density at radius 1 is 1.70 bits per heavy atom. The van der Waals surface area contributed by atoms with Gasteiger partial charge in [0.1, 0.15) is 5.76 Å². The summed E-state index contributed by atoms with van der Waals surface area (Å²) in [5.74, 6) is 0.918. The van der Waals surface area contributed by atoms with Crippen molar-refractivity contribution in [2.45, 2.75) is 13.5 Å². The minimum Gasteiger partial charge on any atom is -0.468 e. The van der Waals surface area contributed by atoms with Crippen LogP contribution in [0.2, 0.25) is 0 Å². The average molecular weight is 141 g/mol. The molecule has 0 amide bonds. The van der Waals surface area contributed by atoms with E-state index in [1.807, 2.05) is 13.0 Å². The van der Waals surface area contributed by atoms with Gasteiger partial charge in [0.25, 0.3) is 0 Å². The lowest BCUT2D eigenvalue weighted by Gasteiger charge is -1.97. The highest BCUT2D eigenvalue weighted by atomic mass is 16.6. The summed E-state index contributed by atoms with van der Waals surface area (Å²) in [7, 11) is 1.58. The van der Waals surface area contributed by atoms with Gasteiger partial charge in [0.05, 0.1) is 19.9 Å². The summed E-state index contributed by atoms with van der Waals surface area (Å²) in [6.45, 7) is 2.62. The van der Waals surface area contributed by atoms with E-state index in [9.17, 15) is 0 Å². The van der Waals surface area contributed by atoms with Crippen LogP contribution in [0.5, 0.6) is 0 Å². The number of rotatable bonds is 3. The van der Waals surface area contributed by atoms with Crippen molar-refractivity contribution in [2.24, 2.45) is 0 Å². The fraction of sp³-hybridized carbons (Fsp3) is 0.429. The van der Waals surface area contributed by atoms with Crippen LogP contribution in [0, 0.1) is 6.92 Å². The quantitative estimate of drug-likeness (QED) is 0.643. The topological polar surface area (TPSA) is 34.4 Å². The van der Waals surface area contributed by atoms with Gasteiger partial charge in [-0.25, -0.2) is 0 Å². The highest BCUT2D eigenvalue weighted by Crippen LogP contribution is 2.07.